The van der Waals surface area contributed by atoms with Gasteiger partial charge in [0, 0.05) is 6.04 Å². The Morgan fingerprint density at radius 3 is 2.58 bits per heavy atom. The Labute approximate surface area is 77.2 Å². The highest BCUT2D eigenvalue weighted by atomic mass is 14.8. The van der Waals surface area contributed by atoms with Crippen molar-refractivity contribution >= 4 is 0 Å². The lowest BCUT2D eigenvalue weighted by atomic mass is 9.97. The molecular weight excluding hydrogens is 146 g/mol. The van der Waals surface area contributed by atoms with Crippen LogP contribution in [0, 0.1) is 5.92 Å². The molecule has 0 aromatic rings. The third kappa shape index (κ3) is 6.41. The van der Waals surface area contributed by atoms with Crippen LogP contribution >= 0.6 is 0 Å². The van der Waals surface area contributed by atoms with Crippen LogP contribution in [0.3, 0.4) is 0 Å². The van der Waals surface area contributed by atoms with Crippen molar-refractivity contribution in [2.75, 3.05) is 7.05 Å². The maximum absolute atomic E-state index is 3.72. The highest BCUT2D eigenvalue weighted by Crippen LogP contribution is 2.13. The molecule has 0 aliphatic rings. The summed E-state index contributed by atoms with van der Waals surface area (Å²) >= 11 is 0. The Bertz CT molecular complexity index is 110. The molecule has 72 valence electrons. The highest BCUT2D eigenvalue weighted by Gasteiger charge is 2.05. The molecule has 1 heteroatoms. The molecule has 0 amide bonds. The minimum Gasteiger partial charge on any atom is -0.317 e. The maximum atomic E-state index is 3.72. The van der Waals surface area contributed by atoms with Gasteiger partial charge in [0.05, 0.1) is 0 Å². The Morgan fingerprint density at radius 2 is 2.08 bits per heavy atom. The summed E-state index contributed by atoms with van der Waals surface area (Å²) in [6, 6.07) is 0.656. The Morgan fingerprint density at radius 1 is 1.42 bits per heavy atom. The first kappa shape index (κ1) is 11.7. The van der Waals surface area contributed by atoms with E-state index in [-0.39, 0.29) is 0 Å². The molecule has 0 aromatic heterocycles. The zero-order chi connectivity index (χ0) is 9.40. The summed E-state index contributed by atoms with van der Waals surface area (Å²) in [5, 5.41) is 3.27. The molecule has 1 N–H and O–H groups in total. The van der Waals surface area contributed by atoms with Crippen molar-refractivity contribution < 1.29 is 0 Å². The van der Waals surface area contributed by atoms with Crippen molar-refractivity contribution in [3.63, 3.8) is 0 Å². The van der Waals surface area contributed by atoms with Crippen LogP contribution in [0.4, 0.5) is 0 Å². The molecule has 2 atom stereocenters. The Hall–Kier alpha value is -0.300. The molecule has 0 aromatic carbocycles. The van der Waals surface area contributed by atoms with E-state index in [2.05, 4.69) is 25.7 Å². The summed E-state index contributed by atoms with van der Waals surface area (Å²) in [6.07, 6.45) is 7.08. The molecule has 0 fully saturated rings. The van der Waals surface area contributed by atoms with Crippen molar-refractivity contribution in [1.29, 1.82) is 0 Å². The van der Waals surface area contributed by atoms with Crippen LogP contribution in [-0.2, 0) is 0 Å². The normalized spacial score (nSPS) is 15.6. The second-order valence-corrected chi connectivity index (χ2v) is 3.75. The van der Waals surface area contributed by atoms with Gasteiger partial charge in [-0.25, -0.2) is 0 Å². The maximum Gasteiger partial charge on any atom is 0.00382 e. The monoisotopic (exact) mass is 169 g/mol. The van der Waals surface area contributed by atoms with Crippen molar-refractivity contribution in [1.82, 2.24) is 5.32 Å². The zero-order valence-electron chi connectivity index (χ0n) is 8.77. The lowest BCUT2D eigenvalue weighted by Crippen LogP contribution is -2.23. The van der Waals surface area contributed by atoms with E-state index in [4.69, 9.17) is 0 Å². The van der Waals surface area contributed by atoms with Crippen molar-refractivity contribution in [3.05, 3.63) is 12.7 Å². The fraction of sp³-hybridized carbons (Fsp3) is 0.818. The lowest BCUT2D eigenvalue weighted by molar-refractivity contribution is 0.412. The van der Waals surface area contributed by atoms with Gasteiger partial charge in [-0.05, 0) is 39.2 Å². The van der Waals surface area contributed by atoms with Gasteiger partial charge in [-0.1, -0.05) is 19.4 Å². The molecule has 12 heavy (non-hydrogen) atoms. The van der Waals surface area contributed by atoms with Crippen LogP contribution in [0.25, 0.3) is 0 Å². The second-order valence-electron chi connectivity index (χ2n) is 3.75. The van der Waals surface area contributed by atoms with E-state index in [0.717, 1.165) is 12.3 Å². The van der Waals surface area contributed by atoms with Gasteiger partial charge >= 0.3 is 0 Å². The summed E-state index contributed by atoms with van der Waals surface area (Å²) in [6.45, 7) is 8.29. The van der Waals surface area contributed by atoms with Crippen molar-refractivity contribution in [3.8, 4) is 0 Å². The minimum absolute atomic E-state index is 0.656. The van der Waals surface area contributed by atoms with E-state index in [1.807, 2.05) is 13.1 Å². The number of unbranched alkanes of at least 4 members (excludes halogenated alkanes) is 1. The third-order valence-corrected chi connectivity index (χ3v) is 2.35. The lowest BCUT2D eigenvalue weighted by Gasteiger charge is -2.15. The minimum atomic E-state index is 0.656. The fourth-order valence-electron chi connectivity index (χ4n) is 1.45. The molecular formula is C11H23N. The standard InChI is InChI=1S/C11H23N/c1-5-6-7-8-10(2)9-11(3)12-4/h5,10-12H,1,6-9H2,2-4H3. The van der Waals surface area contributed by atoms with Crippen molar-refractivity contribution in [2.24, 2.45) is 5.92 Å². The van der Waals surface area contributed by atoms with Gasteiger partial charge in [0.2, 0.25) is 0 Å². The van der Waals surface area contributed by atoms with E-state index in [1.54, 1.807) is 0 Å². The molecule has 0 saturated heterocycles. The van der Waals surface area contributed by atoms with Crippen LogP contribution in [0.2, 0.25) is 0 Å². The van der Waals surface area contributed by atoms with E-state index < -0.39 is 0 Å². The first-order chi connectivity index (χ1) is 5.70. The van der Waals surface area contributed by atoms with Gasteiger partial charge < -0.3 is 5.32 Å². The van der Waals surface area contributed by atoms with Gasteiger partial charge in [0.15, 0.2) is 0 Å². The number of nitrogens with one attached hydrogen (secondary N) is 1. The average molecular weight is 169 g/mol. The number of hydrogen-bond acceptors (Lipinski definition) is 1. The van der Waals surface area contributed by atoms with Gasteiger partial charge in [-0.2, -0.15) is 0 Å². The second kappa shape index (κ2) is 7.35. The molecule has 0 heterocycles. The van der Waals surface area contributed by atoms with Gasteiger partial charge in [0.1, 0.15) is 0 Å². The smallest absolute Gasteiger partial charge is 0.00382 e. The highest BCUT2D eigenvalue weighted by molar-refractivity contribution is 4.68. The molecule has 1 nitrogen and oxygen atoms in total. The summed E-state index contributed by atoms with van der Waals surface area (Å²) in [5.41, 5.74) is 0. The van der Waals surface area contributed by atoms with Gasteiger partial charge in [-0.15, -0.1) is 6.58 Å². The van der Waals surface area contributed by atoms with E-state index in [0.29, 0.717) is 6.04 Å². The molecule has 0 bridgehead atoms. The predicted octanol–water partition coefficient (Wildman–Crippen LogP) is 2.98. The van der Waals surface area contributed by atoms with Crippen molar-refractivity contribution in [2.45, 2.75) is 45.6 Å². The number of rotatable bonds is 7. The first-order valence-electron chi connectivity index (χ1n) is 4.98. The largest absolute Gasteiger partial charge is 0.317 e. The molecule has 0 aliphatic carbocycles. The van der Waals surface area contributed by atoms with Crippen LogP contribution in [0.15, 0.2) is 12.7 Å². The molecule has 0 rings (SSSR count). The van der Waals surface area contributed by atoms with Crippen LogP contribution in [-0.4, -0.2) is 13.1 Å². The van der Waals surface area contributed by atoms with Gasteiger partial charge in [-0.3, -0.25) is 0 Å². The molecule has 2 unspecified atom stereocenters. The Balaban J connectivity index is 3.32. The molecule has 0 spiro atoms. The number of hydrogen-bond donors (Lipinski definition) is 1. The average Bonchev–Trinajstić information content (AvgIpc) is 2.05. The predicted molar refractivity (Wildman–Crippen MR) is 56.4 cm³/mol. The zero-order valence-corrected chi connectivity index (χ0v) is 8.77. The fourth-order valence-corrected chi connectivity index (χ4v) is 1.45. The Kier molecular flexibility index (Phi) is 7.17. The quantitative estimate of drug-likeness (QED) is 0.456. The summed E-state index contributed by atoms with van der Waals surface area (Å²) in [4.78, 5) is 0. The van der Waals surface area contributed by atoms with Gasteiger partial charge in [0.25, 0.3) is 0 Å². The SMILES string of the molecule is C=CCCCC(C)CC(C)NC. The summed E-state index contributed by atoms with van der Waals surface area (Å²) in [7, 11) is 2.03. The topological polar surface area (TPSA) is 12.0 Å². The summed E-state index contributed by atoms with van der Waals surface area (Å²) < 4.78 is 0. The van der Waals surface area contributed by atoms with E-state index in [1.165, 1.54) is 19.3 Å². The van der Waals surface area contributed by atoms with Crippen LogP contribution < -0.4 is 5.32 Å². The van der Waals surface area contributed by atoms with Crippen LogP contribution in [0.5, 0.6) is 0 Å². The molecule has 0 saturated carbocycles. The summed E-state index contributed by atoms with van der Waals surface area (Å²) in [5.74, 6) is 0.840. The third-order valence-electron chi connectivity index (χ3n) is 2.35. The molecule has 0 aliphatic heterocycles. The van der Waals surface area contributed by atoms with Crippen LogP contribution in [0.1, 0.15) is 39.5 Å². The van der Waals surface area contributed by atoms with E-state index >= 15 is 0 Å². The molecule has 0 radical (unpaired) electrons. The first-order valence-corrected chi connectivity index (χ1v) is 4.98. The number of allylic oxidation sites excluding steroid dienone is 1. The van der Waals surface area contributed by atoms with E-state index in [9.17, 15) is 0 Å².